The van der Waals surface area contributed by atoms with Crippen LogP contribution in [-0.2, 0) is 0 Å². The van der Waals surface area contributed by atoms with Gasteiger partial charge in [0.1, 0.15) is 5.83 Å². The van der Waals surface area contributed by atoms with Gasteiger partial charge in [0.15, 0.2) is 0 Å². The second kappa shape index (κ2) is 5.72. The van der Waals surface area contributed by atoms with Crippen molar-refractivity contribution in [1.82, 2.24) is 0 Å². The van der Waals surface area contributed by atoms with E-state index < -0.39 is 0 Å². The lowest BCUT2D eigenvalue weighted by Crippen LogP contribution is -1.77. The summed E-state index contributed by atoms with van der Waals surface area (Å²) in [6.07, 6.45) is 1.29. The number of hydrogen-bond donors (Lipinski definition) is 0. The number of benzene rings is 1. The Morgan fingerprint density at radius 2 is 1.88 bits per heavy atom. The first kappa shape index (κ1) is 12.0. The van der Waals surface area contributed by atoms with Crippen LogP contribution in [0.5, 0.6) is 0 Å². The highest BCUT2D eigenvalue weighted by Crippen LogP contribution is 2.10. The van der Waals surface area contributed by atoms with Gasteiger partial charge in [-0.05, 0) is 30.7 Å². The molecule has 80 valence electrons. The third-order valence-electron chi connectivity index (χ3n) is 1.85. The standard InChI is InChI=1S/C15H13F/c1-12(2)15(16)11-13(3)9-10-14-7-5-4-6-8-14/h4-8,11H,1,3H2,2H3/b15-11+. The molecule has 0 radical (unpaired) electrons. The first-order chi connectivity index (χ1) is 7.59. The number of halogens is 1. The molecule has 1 heteroatoms. The van der Waals surface area contributed by atoms with Crippen molar-refractivity contribution >= 4 is 0 Å². The Morgan fingerprint density at radius 3 is 2.44 bits per heavy atom. The van der Waals surface area contributed by atoms with Gasteiger partial charge < -0.3 is 0 Å². The van der Waals surface area contributed by atoms with Gasteiger partial charge in [0.25, 0.3) is 0 Å². The predicted octanol–water partition coefficient (Wildman–Crippen LogP) is 4.02. The average Bonchev–Trinajstić information content (AvgIpc) is 2.27. The molecule has 1 aromatic rings. The Balaban J connectivity index is 2.77. The molecular weight excluding hydrogens is 199 g/mol. The summed E-state index contributed by atoms with van der Waals surface area (Å²) in [5, 5.41) is 0. The van der Waals surface area contributed by atoms with Gasteiger partial charge in [0.05, 0.1) is 0 Å². The normalized spacial score (nSPS) is 10.2. The highest BCUT2D eigenvalue weighted by Gasteiger charge is 1.94. The summed E-state index contributed by atoms with van der Waals surface area (Å²) in [5.41, 5.74) is 1.69. The number of allylic oxidation sites excluding steroid dienone is 4. The summed E-state index contributed by atoms with van der Waals surface area (Å²) < 4.78 is 13.1. The van der Waals surface area contributed by atoms with E-state index in [4.69, 9.17) is 0 Å². The molecule has 0 amide bonds. The second-order valence-corrected chi connectivity index (χ2v) is 3.41. The van der Waals surface area contributed by atoms with E-state index in [0.717, 1.165) is 5.56 Å². The van der Waals surface area contributed by atoms with Crippen LogP contribution in [0.1, 0.15) is 12.5 Å². The smallest absolute Gasteiger partial charge is 0.126 e. The SMILES string of the molecule is C=C(C#Cc1ccccc1)/C=C(/F)C(=C)C. The van der Waals surface area contributed by atoms with Crippen LogP contribution in [0.2, 0.25) is 0 Å². The van der Waals surface area contributed by atoms with E-state index in [1.54, 1.807) is 6.92 Å². The van der Waals surface area contributed by atoms with Gasteiger partial charge in [-0.25, -0.2) is 4.39 Å². The van der Waals surface area contributed by atoms with Crippen molar-refractivity contribution in [1.29, 1.82) is 0 Å². The Bertz CT molecular complexity index is 481. The van der Waals surface area contributed by atoms with Crippen LogP contribution in [-0.4, -0.2) is 0 Å². The molecule has 0 aromatic heterocycles. The Kier molecular flexibility index (Phi) is 4.29. The van der Waals surface area contributed by atoms with E-state index in [2.05, 4.69) is 25.0 Å². The minimum absolute atomic E-state index is 0.377. The van der Waals surface area contributed by atoms with Gasteiger partial charge in [-0.1, -0.05) is 43.2 Å². The van der Waals surface area contributed by atoms with Gasteiger partial charge in [0, 0.05) is 11.1 Å². The lowest BCUT2D eigenvalue weighted by molar-refractivity contribution is 0.652. The van der Waals surface area contributed by atoms with Crippen LogP contribution in [0.25, 0.3) is 0 Å². The fraction of sp³-hybridized carbons (Fsp3) is 0.0667. The summed E-state index contributed by atoms with van der Waals surface area (Å²) in [6, 6.07) is 9.49. The summed E-state index contributed by atoms with van der Waals surface area (Å²) >= 11 is 0. The molecule has 1 aromatic carbocycles. The molecule has 0 unspecified atom stereocenters. The van der Waals surface area contributed by atoms with Crippen molar-refractivity contribution in [3.8, 4) is 11.8 Å². The lowest BCUT2D eigenvalue weighted by Gasteiger charge is -1.92. The van der Waals surface area contributed by atoms with Crippen molar-refractivity contribution < 1.29 is 4.39 Å². The molecule has 0 fully saturated rings. The average molecular weight is 212 g/mol. The minimum atomic E-state index is -0.382. The van der Waals surface area contributed by atoms with E-state index in [0.29, 0.717) is 11.1 Å². The fourth-order valence-corrected chi connectivity index (χ4v) is 0.986. The summed E-state index contributed by atoms with van der Waals surface area (Å²) in [4.78, 5) is 0. The Morgan fingerprint density at radius 1 is 1.25 bits per heavy atom. The summed E-state index contributed by atoms with van der Waals surface area (Å²) in [7, 11) is 0. The maximum absolute atomic E-state index is 13.1. The molecule has 0 N–H and O–H groups in total. The summed E-state index contributed by atoms with van der Waals surface area (Å²) in [6.45, 7) is 8.76. The van der Waals surface area contributed by atoms with Crippen LogP contribution in [0, 0.1) is 11.8 Å². The second-order valence-electron chi connectivity index (χ2n) is 3.41. The molecule has 0 aliphatic heterocycles. The van der Waals surface area contributed by atoms with Gasteiger partial charge in [-0.15, -0.1) is 0 Å². The highest BCUT2D eigenvalue weighted by atomic mass is 19.1. The zero-order chi connectivity index (χ0) is 12.0. The predicted molar refractivity (Wildman–Crippen MR) is 66.5 cm³/mol. The number of hydrogen-bond acceptors (Lipinski definition) is 0. The van der Waals surface area contributed by atoms with Crippen molar-refractivity contribution in [3.05, 3.63) is 72.1 Å². The molecular formula is C15H13F. The fourth-order valence-electron chi connectivity index (χ4n) is 0.986. The van der Waals surface area contributed by atoms with Crippen LogP contribution in [0.4, 0.5) is 4.39 Å². The van der Waals surface area contributed by atoms with Crippen molar-refractivity contribution in [2.75, 3.05) is 0 Å². The molecule has 0 bridgehead atoms. The minimum Gasteiger partial charge on any atom is -0.207 e. The molecule has 0 spiro atoms. The highest BCUT2D eigenvalue weighted by molar-refractivity contribution is 5.45. The van der Waals surface area contributed by atoms with E-state index in [-0.39, 0.29) is 5.83 Å². The van der Waals surface area contributed by atoms with E-state index in [1.165, 1.54) is 6.08 Å². The first-order valence-electron chi connectivity index (χ1n) is 4.88. The molecule has 0 atom stereocenters. The van der Waals surface area contributed by atoms with Crippen molar-refractivity contribution in [2.24, 2.45) is 0 Å². The van der Waals surface area contributed by atoms with Crippen molar-refractivity contribution in [3.63, 3.8) is 0 Å². The molecule has 0 heterocycles. The van der Waals surface area contributed by atoms with Gasteiger partial charge in [-0.2, -0.15) is 0 Å². The third kappa shape index (κ3) is 3.98. The van der Waals surface area contributed by atoms with Gasteiger partial charge >= 0.3 is 0 Å². The summed E-state index contributed by atoms with van der Waals surface area (Å²) in [5.74, 6) is 5.30. The molecule has 0 nitrogen and oxygen atoms in total. The van der Waals surface area contributed by atoms with E-state index in [1.807, 2.05) is 30.3 Å². The quantitative estimate of drug-likeness (QED) is 0.513. The molecule has 16 heavy (non-hydrogen) atoms. The van der Waals surface area contributed by atoms with Crippen LogP contribution in [0.3, 0.4) is 0 Å². The van der Waals surface area contributed by atoms with E-state index in [9.17, 15) is 4.39 Å². The van der Waals surface area contributed by atoms with Crippen LogP contribution >= 0.6 is 0 Å². The molecule has 0 aliphatic carbocycles. The van der Waals surface area contributed by atoms with Crippen LogP contribution in [0.15, 0.2) is 66.5 Å². The zero-order valence-electron chi connectivity index (χ0n) is 9.26. The van der Waals surface area contributed by atoms with E-state index >= 15 is 0 Å². The van der Waals surface area contributed by atoms with Gasteiger partial charge in [-0.3, -0.25) is 0 Å². The number of rotatable bonds is 2. The first-order valence-corrected chi connectivity index (χ1v) is 4.88. The monoisotopic (exact) mass is 212 g/mol. The maximum atomic E-state index is 13.1. The Hall–Kier alpha value is -2.07. The van der Waals surface area contributed by atoms with Gasteiger partial charge in [0.2, 0.25) is 0 Å². The maximum Gasteiger partial charge on any atom is 0.126 e. The molecule has 0 saturated carbocycles. The zero-order valence-corrected chi connectivity index (χ0v) is 9.26. The Labute approximate surface area is 95.8 Å². The molecule has 1 rings (SSSR count). The largest absolute Gasteiger partial charge is 0.207 e. The molecule has 0 saturated heterocycles. The topological polar surface area (TPSA) is 0 Å². The lowest BCUT2D eigenvalue weighted by atomic mass is 10.2. The van der Waals surface area contributed by atoms with Crippen molar-refractivity contribution in [2.45, 2.75) is 6.92 Å². The third-order valence-corrected chi connectivity index (χ3v) is 1.85. The molecule has 0 aliphatic rings. The van der Waals surface area contributed by atoms with Crippen LogP contribution < -0.4 is 0 Å².